The van der Waals surface area contributed by atoms with Crippen molar-refractivity contribution in [2.24, 2.45) is 0 Å². The number of nitrogens with zero attached hydrogens (tertiary/aromatic N) is 3. The molecule has 1 aromatic heterocycles. The number of amides is 1. The van der Waals surface area contributed by atoms with E-state index in [1.807, 2.05) is 30.3 Å². The second kappa shape index (κ2) is 7.40. The van der Waals surface area contributed by atoms with Gasteiger partial charge in [0.1, 0.15) is 12.7 Å². The molecule has 0 aliphatic rings. The van der Waals surface area contributed by atoms with Gasteiger partial charge in [-0.25, -0.2) is 4.98 Å². The largest absolute Gasteiger partial charge is 0.394 e. The summed E-state index contributed by atoms with van der Waals surface area (Å²) in [6.07, 6.45) is 3.94. The number of hydrogen-bond acceptors (Lipinski definition) is 4. The zero-order valence-corrected chi connectivity index (χ0v) is 11.1. The number of carbonyl (C=O) groups excluding carboxylic acids is 1. The van der Waals surface area contributed by atoms with Gasteiger partial charge in [0.05, 0.1) is 19.2 Å². The van der Waals surface area contributed by atoms with Crippen LogP contribution < -0.4 is 5.32 Å². The molecule has 0 spiro atoms. The Kier molecular flexibility index (Phi) is 5.25. The van der Waals surface area contributed by atoms with Crippen LogP contribution in [0.4, 0.5) is 0 Å². The summed E-state index contributed by atoms with van der Waals surface area (Å²) in [5.41, 5.74) is 1.09. The standard InChI is InChI=1S/C14H18N4O2/c19-9-13(8-12-4-2-1-3-5-12)17-14(20)6-7-18-11-15-10-16-18/h1-5,10-11,13,19H,6-9H2,(H,17,20)/t13-/m1/s1. The van der Waals surface area contributed by atoms with E-state index in [4.69, 9.17) is 0 Å². The van der Waals surface area contributed by atoms with Crippen molar-refractivity contribution in [3.8, 4) is 0 Å². The smallest absolute Gasteiger partial charge is 0.222 e. The Balaban J connectivity index is 1.79. The molecule has 106 valence electrons. The van der Waals surface area contributed by atoms with Crippen LogP contribution in [-0.4, -0.2) is 38.4 Å². The van der Waals surface area contributed by atoms with Crippen molar-refractivity contribution in [3.63, 3.8) is 0 Å². The predicted octanol–water partition coefficient (Wildman–Crippen LogP) is 0.388. The maximum absolute atomic E-state index is 11.8. The number of aromatic nitrogens is 3. The first kappa shape index (κ1) is 14.2. The molecule has 1 aromatic carbocycles. The number of rotatable bonds is 7. The lowest BCUT2D eigenvalue weighted by Gasteiger charge is -2.16. The van der Waals surface area contributed by atoms with Gasteiger partial charge in [-0.2, -0.15) is 5.10 Å². The molecule has 0 saturated carbocycles. The molecule has 6 nitrogen and oxygen atoms in total. The summed E-state index contributed by atoms with van der Waals surface area (Å²) in [6.45, 7) is 0.402. The first-order chi connectivity index (χ1) is 9.78. The Labute approximate surface area is 117 Å². The van der Waals surface area contributed by atoms with Crippen LogP contribution in [0.1, 0.15) is 12.0 Å². The molecule has 2 aromatic rings. The van der Waals surface area contributed by atoms with Gasteiger partial charge in [0.25, 0.3) is 0 Å². The van der Waals surface area contributed by atoms with Gasteiger partial charge >= 0.3 is 0 Å². The average Bonchev–Trinajstić information content (AvgIpc) is 2.99. The summed E-state index contributed by atoms with van der Waals surface area (Å²) in [5, 5.41) is 16.1. The van der Waals surface area contributed by atoms with E-state index in [2.05, 4.69) is 15.4 Å². The fourth-order valence-corrected chi connectivity index (χ4v) is 1.92. The number of aliphatic hydroxyl groups is 1. The quantitative estimate of drug-likeness (QED) is 0.765. The minimum absolute atomic E-state index is 0.0794. The zero-order valence-electron chi connectivity index (χ0n) is 11.1. The molecule has 0 bridgehead atoms. The topological polar surface area (TPSA) is 80.0 Å². The van der Waals surface area contributed by atoms with E-state index in [0.717, 1.165) is 5.56 Å². The molecule has 0 radical (unpaired) electrons. The Hall–Kier alpha value is -2.21. The third-order valence-electron chi connectivity index (χ3n) is 2.94. The highest BCUT2D eigenvalue weighted by Gasteiger charge is 2.12. The molecule has 6 heteroatoms. The summed E-state index contributed by atoms with van der Waals surface area (Å²) in [5.74, 6) is -0.101. The van der Waals surface area contributed by atoms with Crippen LogP contribution in [0.5, 0.6) is 0 Å². The second-order valence-corrected chi connectivity index (χ2v) is 4.55. The van der Waals surface area contributed by atoms with Crippen LogP contribution in [0.3, 0.4) is 0 Å². The van der Waals surface area contributed by atoms with Crippen molar-refractivity contribution in [1.29, 1.82) is 0 Å². The van der Waals surface area contributed by atoms with Gasteiger partial charge in [0.2, 0.25) is 5.91 Å². The number of benzene rings is 1. The van der Waals surface area contributed by atoms with E-state index in [0.29, 0.717) is 19.4 Å². The SMILES string of the molecule is O=C(CCn1cncn1)N[C@@H](CO)Cc1ccccc1. The van der Waals surface area contributed by atoms with Crippen molar-refractivity contribution in [2.45, 2.75) is 25.4 Å². The number of aryl methyl sites for hydroxylation is 1. The molecule has 20 heavy (non-hydrogen) atoms. The lowest BCUT2D eigenvalue weighted by molar-refractivity contribution is -0.122. The molecule has 0 saturated heterocycles. The number of nitrogens with one attached hydrogen (secondary N) is 1. The van der Waals surface area contributed by atoms with E-state index in [1.54, 1.807) is 11.0 Å². The maximum Gasteiger partial charge on any atom is 0.222 e. The zero-order chi connectivity index (χ0) is 14.2. The molecular formula is C14H18N4O2. The summed E-state index contributed by atoms with van der Waals surface area (Å²) in [4.78, 5) is 15.6. The summed E-state index contributed by atoms with van der Waals surface area (Å²) < 4.78 is 1.60. The summed E-state index contributed by atoms with van der Waals surface area (Å²) in [7, 11) is 0. The summed E-state index contributed by atoms with van der Waals surface area (Å²) >= 11 is 0. The van der Waals surface area contributed by atoms with E-state index >= 15 is 0 Å². The summed E-state index contributed by atoms with van der Waals surface area (Å²) in [6, 6.07) is 9.51. The Morgan fingerprint density at radius 3 is 2.80 bits per heavy atom. The highest BCUT2D eigenvalue weighted by molar-refractivity contribution is 5.76. The van der Waals surface area contributed by atoms with Crippen LogP contribution in [0, 0.1) is 0 Å². The Morgan fingerprint density at radius 2 is 2.15 bits per heavy atom. The minimum Gasteiger partial charge on any atom is -0.394 e. The first-order valence-corrected chi connectivity index (χ1v) is 6.54. The number of aliphatic hydroxyl groups excluding tert-OH is 1. The molecule has 1 heterocycles. The van der Waals surface area contributed by atoms with Crippen LogP contribution in [0.15, 0.2) is 43.0 Å². The fourth-order valence-electron chi connectivity index (χ4n) is 1.92. The average molecular weight is 274 g/mol. The molecule has 0 unspecified atom stereocenters. The minimum atomic E-state index is -0.263. The molecule has 0 aliphatic carbocycles. The van der Waals surface area contributed by atoms with Gasteiger partial charge in [-0.3, -0.25) is 9.48 Å². The molecule has 2 rings (SSSR count). The number of hydrogen-bond donors (Lipinski definition) is 2. The lowest BCUT2D eigenvalue weighted by atomic mass is 10.1. The van der Waals surface area contributed by atoms with Gasteiger partial charge in [-0.05, 0) is 12.0 Å². The molecule has 0 aliphatic heterocycles. The van der Waals surface area contributed by atoms with Crippen LogP contribution in [0.2, 0.25) is 0 Å². The van der Waals surface area contributed by atoms with Crippen molar-refractivity contribution in [3.05, 3.63) is 48.5 Å². The molecule has 1 atom stereocenters. The third-order valence-corrected chi connectivity index (χ3v) is 2.94. The van der Waals surface area contributed by atoms with Gasteiger partial charge < -0.3 is 10.4 Å². The van der Waals surface area contributed by atoms with Crippen LogP contribution in [-0.2, 0) is 17.8 Å². The van der Waals surface area contributed by atoms with Gasteiger partial charge in [-0.15, -0.1) is 0 Å². The van der Waals surface area contributed by atoms with Gasteiger partial charge in [0, 0.05) is 6.42 Å². The fraction of sp³-hybridized carbons (Fsp3) is 0.357. The Morgan fingerprint density at radius 1 is 1.35 bits per heavy atom. The predicted molar refractivity (Wildman–Crippen MR) is 73.8 cm³/mol. The molecular weight excluding hydrogens is 256 g/mol. The highest BCUT2D eigenvalue weighted by atomic mass is 16.3. The normalized spacial score (nSPS) is 12.1. The van der Waals surface area contributed by atoms with Gasteiger partial charge in [-0.1, -0.05) is 30.3 Å². The Bertz CT molecular complexity index is 513. The van der Waals surface area contributed by atoms with E-state index in [1.165, 1.54) is 6.33 Å². The van der Waals surface area contributed by atoms with Crippen molar-refractivity contribution < 1.29 is 9.90 Å². The van der Waals surface area contributed by atoms with Crippen molar-refractivity contribution in [2.75, 3.05) is 6.61 Å². The van der Waals surface area contributed by atoms with Crippen molar-refractivity contribution >= 4 is 5.91 Å². The highest BCUT2D eigenvalue weighted by Crippen LogP contribution is 2.03. The lowest BCUT2D eigenvalue weighted by Crippen LogP contribution is -2.39. The molecule has 0 fully saturated rings. The number of carbonyl (C=O) groups is 1. The van der Waals surface area contributed by atoms with Crippen LogP contribution in [0.25, 0.3) is 0 Å². The third kappa shape index (κ3) is 4.47. The van der Waals surface area contributed by atoms with E-state index < -0.39 is 0 Å². The van der Waals surface area contributed by atoms with E-state index in [9.17, 15) is 9.90 Å². The van der Waals surface area contributed by atoms with E-state index in [-0.39, 0.29) is 18.6 Å². The molecule has 2 N–H and O–H groups in total. The monoisotopic (exact) mass is 274 g/mol. The molecule has 1 amide bonds. The second-order valence-electron chi connectivity index (χ2n) is 4.55. The van der Waals surface area contributed by atoms with Gasteiger partial charge in [0.15, 0.2) is 0 Å². The van der Waals surface area contributed by atoms with Crippen molar-refractivity contribution in [1.82, 2.24) is 20.1 Å². The van der Waals surface area contributed by atoms with Crippen LogP contribution >= 0.6 is 0 Å². The first-order valence-electron chi connectivity index (χ1n) is 6.54. The maximum atomic E-state index is 11.8.